The number of carbonyl (C=O) groups is 1. The van der Waals surface area contributed by atoms with Crippen LogP contribution in [0.25, 0.3) is 0 Å². The van der Waals surface area contributed by atoms with Crippen LogP contribution in [-0.2, 0) is 6.61 Å². The Kier molecular flexibility index (Phi) is 5.65. The zero-order chi connectivity index (χ0) is 17.6. The highest BCUT2D eigenvalue weighted by Gasteiger charge is 2.10. The van der Waals surface area contributed by atoms with E-state index in [0.29, 0.717) is 23.7 Å². The largest absolute Gasteiger partial charge is 0.489 e. The Bertz CT molecular complexity index is 882. The number of carbonyl (C=O) groups excluding carboxylic acids is 1. The van der Waals surface area contributed by atoms with E-state index in [-0.39, 0.29) is 5.91 Å². The van der Waals surface area contributed by atoms with E-state index >= 15 is 0 Å². The quantitative estimate of drug-likeness (QED) is 0.574. The number of hydrogen-bond acceptors (Lipinski definition) is 3. The van der Waals surface area contributed by atoms with E-state index in [1.807, 2.05) is 55.5 Å². The fourth-order valence-corrected chi connectivity index (χ4v) is 2.93. The van der Waals surface area contributed by atoms with Gasteiger partial charge in [0.1, 0.15) is 18.2 Å². The van der Waals surface area contributed by atoms with Gasteiger partial charge in [-0.15, -0.1) is 0 Å². The van der Waals surface area contributed by atoms with Gasteiger partial charge in [0.25, 0.3) is 5.91 Å². The van der Waals surface area contributed by atoms with Gasteiger partial charge in [0, 0.05) is 15.3 Å². The molecular weight excluding hydrogens is 427 g/mol. The van der Waals surface area contributed by atoms with E-state index < -0.39 is 0 Å². The molecule has 0 atom stereocenters. The summed E-state index contributed by atoms with van der Waals surface area (Å²) in [6.07, 6.45) is 1.72. The van der Waals surface area contributed by atoms with Gasteiger partial charge in [-0.1, -0.05) is 36.4 Å². The SMILES string of the molecule is Cc1cc(I)cnc1NC(=O)c1cccc(OCc2ccccc2)c1. The Labute approximate surface area is 160 Å². The van der Waals surface area contributed by atoms with Gasteiger partial charge < -0.3 is 10.1 Å². The number of pyridine rings is 1. The van der Waals surface area contributed by atoms with Crippen molar-refractivity contribution >= 4 is 34.3 Å². The number of amides is 1. The standard InChI is InChI=1S/C20H17IN2O2/c1-14-10-17(21)12-22-19(14)23-20(24)16-8-5-9-18(11-16)25-13-15-6-3-2-4-7-15/h2-12H,13H2,1H3,(H,22,23,24). The van der Waals surface area contributed by atoms with Crippen LogP contribution < -0.4 is 10.1 Å². The van der Waals surface area contributed by atoms with Crippen molar-refractivity contribution in [2.75, 3.05) is 5.32 Å². The molecule has 1 heterocycles. The van der Waals surface area contributed by atoms with Gasteiger partial charge in [0.05, 0.1) is 0 Å². The lowest BCUT2D eigenvalue weighted by molar-refractivity contribution is 0.102. The third kappa shape index (κ3) is 4.79. The molecule has 3 rings (SSSR count). The molecule has 0 spiro atoms. The summed E-state index contributed by atoms with van der Waals surface area (Å²) in [5, 5.41) is 2.85. The van der Waals surface area contributed by atoms with Gasteiger partial charge in [-0.25, -0.2) is 4.98 Å². The Morgan fingerprint density at radius 3 is 2.68 bits per heavy atom. The highest BCUT2D eigenvalue weighted by Crippen LogP contribution is 2.18. The lowest BCUT2D eigenvalue weighted by Crippen LogP contribution is -2.14. The molecule has 0 saturated heterocycles. The molecule has 1 aromatic heterocycles. The fraction of sp³-hybridized carbons (Fsp3) is 0.100. The van der Waals surface area contributed by atoms with Crippen molar-refractivity contribution in [1.29, 1.82) is 0 Å². The minimum absolute atomic E-state index is 0.207. The molecule has 0 radical (unpaired) electrons. The number of aromatic nitrogens is 1. The minimum Gasteiger partial charge on any atom is -0.489 e. The molecule has 25 heavy (non-hydrogen) atoms. The summed E-state index contributed by atoms with van der Waals surface area (Å²) in [5.41, 5.74) is 2.54. The van der Waals surface area contributed by atoms with Gasteiger partial charge in [0.2, 0.25) is 0 Å². The second-order valence-electron chi connectivity index (χ2n) is 5.58. The number of anilines is 1. The number of nitrogens with zero attached hydrogens (tertiary/aromatic N) is 1. The number of hydrogen-bond donors (Lipinski definition) is 1. The van der Waals surface area contributed by atoms with Gasteiger partial charge >= 0.3 is 0 Å². The Hall–Kier alpha value is -2.41. The van der Waals surface area contributed by atoms with Gasteiger partial charge in [-0.2, -0.15) is 0 Å². The molecule has 126 valence electrons. The topological polar surface area (TPSA) is 51.2 Å². The molecule has 4 nitrogen and oxygen atoms in total. The summed E-state index contributed by atoms with van der Waals surface area (Å²) in [7, 11) is 0. The average Bonchev–Trinajstić information content (AvgIpc) is 2.63. The second kappa shape index (κ2) is 8.11. The number of rotatable bonds is 5. The molecule has 0 aliphatic carbocycles. The van der Waals surface area contributed by atoms with E-state index in [2.05, 4.69) is 32.9 Å². The first-order chi connectivity index (χ1) is 12.1. The molecule has 0 aliphatic rings. The first-order valence-electron chi connectivity index (χ1n) is 7.82. The number of ether oxygens (including phenoxy) is 1. The number of aryl methyl sites for hydroxylation is 1. The first kappa shape index (κ1) is 17.4. The van der Waals surface area contributed by atoms with E-state index in [1.54, 1.807) is 18.3 Å². The van der Waals surface area contributed by atoms with Crippen LogP contribution >= 0.6 is 22.6 Å². The van der Waals surface area contributed by atoms with Gasteiger partial charge in [-0.3, -0.25) is 4.79 Å². The summed E-state index contributed by atoms with van der Waals surface area (Å²) in [5.74, 6) is 1.02. The molecule has 0 fully saturated rings. The average molecular weight is 444 g/mol. The van der Waals surface area contributed by atoms with Crippen molar-refractivity contribution < 1.29 is 9.53 Å². The molecule has 5 heteroatoms. The van der Waals surface area contributed by atoms with Crippen LogP contribution in [0.4, 0.5) is 5.82 Å². The summed E-state index contributed by atoms with van der Waals surface area (Å²) in [6.45, 7) is 2.38. The minimum atomic E-state index is -0.207. The lowest BCUT2D eigenvalue weighted by Gasteiger charge is -2.10. The van der Waals surface area contributed by atoms with Crippen LogP contribution in [0.15, 0.2) is 66.9 Å². The molecule has 2 aromatic carbocycles. The number of halogens is 1. The van der Waals surface area contributed by atoms with Gasteiger partial charge in [-0.05, 0) is 64.9 Å². The monoisotopic (exact) mass is 444 g/mol. The predicted octanol–water partition coefficient (Wildman–Crippen LogP) is 4.83. The Morgan fingerprint density at radius 2 is 1.92 bits per heavy atom. The Balaban J connectivity index is 1.69. The van der Waals surface area contributed by atoms with E-state index in [1.165, 1.54) is 0 Å². The van der Waals surface area contributed by atoms with Crippen LogP contribution in [0.2, 0.25) is 0 Å². The van der Waals surface area contributed by atoms with E-state index in [0.717, 1.165) is 14.7 Å². The first-order valence-corrected chi connectivity index (χ1v) is 8.90. The third-order valence-corrected chi connectivity index (χ3v) is 4.21. The molecule has 0 aliphatic heterocycles. The maximum absolute atomic E-state index is 12.5. The van der Waals surface area contributed by atoms with Crippen molar-refractivity contribution in [2.45, 2.75) is 13.5 Å². The van der Waals surface area contributed by atoms with Crippen molar-refractivity contribution in [1.82, 2.24) is 4.98 Å². The summed E-state index contributed by atoms with van der Waals surface area (Å²) in [6, 6.07) is 19.0. The van der Waals surface area contributed by atoms with E-state index in [9.17, 15) is 4.79 Å². The van der Waals surface area contributed by atoms with E-state index in [4.69, 9.17) is 4.74 Å². The van der Waals surface area contributed by atoms with Crippen molar-refractivity contribution in [3.63, 3.8) is 0 Å². The van der Waals surface area contributed by atoms with Crippen LogP contribution in [0, 0.1) is 10.5 Å². The molecule has 1 amide bonds. The van der Waals surface area contributed by atoms with Crippen LogP contribution in [0.1, 0.15) is 21.5 Å². The van der Waals surface area contributed by atoms with Crippen LogP contribution in [0.5, 0.6) is 5.75 Å². The summed E-state index contributed by atoms with van der Waals surface area (Å²) < 4.78 is 6.81. The number of benzene rings is 2. The second-order valence-corrected chi connectivity index (χ2v) is 6.82. The molecule has 3 aromatic rings. The van der Waals surface area contributed by atoms with Crippen molar-refractivity contribution in [2.24, 2.45) is 0 Å². The lowest BCUT2D eigenvalue weighted by atomic mass is 10.2. The zero-order valence-corrected chi connectivity index (χ0v) is 15.9. The number of nitrogens with one attached hydrogen (secondary N) is 1. The molecular formula is C20H17IN2O2. The molecule has 1 N–H and O–H groups in total. The normalized spacial score (nSPS) is 10.3. The highest BCUT2D eigenvalue weighted by atomic mass is 127. The van der Waals surface area contributed by atoms with Crippen molar-refractivity contribution in [3.05, 3.63) is 87.1 Å². The highest BCUT2D eigenvalue weighted by molar-refractivity contribution is 14.1. The molecule has 0 unspecified atom stereocenters. The maximum atomic E-state index is 12.5. The maximum Gasteiger partial charge on any atom is 0.256 e. The third-order valence-electron chi connectivity index (χ3n) is 3.62. The Morgan fingerprint density at radius 1 is 1.12 bits per heavy atom. The van der Waals surface area contributed by atoms with Gasteiger partial charge in [0.15, 0.2) is 0 Å². The van der Waals surface area contributed by atoms with Crippen molar-refractivity contribution in [3.8, 4) is 5.75 Å². The van der Waals surface area contributed by atoms with Crippen LogP contribution in [0.3, 0.4) is 0 Å². The molecule has 0 saturated carbocycles. The fourth-order valence-electron chi connectivity index (χ4n) is 2.32. The smallest absolute Gasteiger partial charge is 0.256 e. The molecule has 0 bridgehead atoms. The zero-order valence-electron chi connectivity index (χ0n) is 13.7. The van der Waals surface area contributed by atoms with Crippen LogP contribution in [-0.4, -0.2) is 10.9 Å². The summed E-state index contributed by atoms with van der Waals surface area (Å²) >= 11 is 2.19. The summed E-state index contributed by atoms with van der Waals surface area (Å²) in [4.78, 5) is 16.7. The predicted molar refractivity (Wildman–Crippen MR) is 107 cm³/mol.